The quantitative estimate of drug-likeness (QED) is 0.338. The fourth-order valence-corrected chi connectivity index (χ4v) is 0. The zero-order valence-corrected chi connectivity index (χ0v) is 20.6. The number of allylic oxidation sites excluding steroid dienone is 9. The van der Waals surface area contributed by atoms with Crippen LogP contribution in [-0.4, -0.2) is 0 Å². The molecule has 0 aromatic heterocycles. The highest BCUT2D eigenvalue weighted by molar-refractivity contribution is 5.19. The molecular formula is C26H50. The molecule has 0 aliphatic heterocycles. The van der Waals surface area contributed by atoms with Crippen molar-refractivity contribution in [3.05, 3.63) is 71.4 Å². The summed E-state index contributed by atoms with van der Waals surface area (Å²) in [5.41, 5.74) is 7.62. The number of hydrogen-bond acceptors (Lipinski definition) is 0. The monoisotopic (exact) mass is 362 g/mol. The van der Waals surface area contributed by atoms with E-state index in [1.54, 1.807) is 0 Å². The Hall–Kier alpha value is -1.56. The van der Waals surface area contributed by atoms with E-state index in [-0.39, 0.29) is 0 Å². The first-order valence-electron chi connectivity index (χ1n) is 9.48. The molecule has 0 aromatic rings. The minimum absolute atomic E-state index is 1.06. The van der Waals surface area contributed by atoms with E-state index >= 15 is 0 Å². The van der Waals surface area contributed by atoms with Crippen molar-refractivity contribution < 1.29 is 0 Å². The van der Waals surface area contributed by atoms with E-state index in [0.717, 1.165) is 17.6 Å². The number of hydrogen-bond donors (Lipinski definition) is 0. The summed E-state index contributed by atoms with van der Waals surface area (Å²) in [6, 6.07) is 0. The average Bonchev–Trinajstić information content (AvgIpc) is 2.56. The Morgan fingerprint density at radius 2 is 0.808 bits per heavy atom. The van der Waals surface area contributed by atoms with Gasteiger partial charge in [-0.3, -0.25) is 0 Å². The van der Waals surface area contributed by atoms with Gasteiger partial charge in [-0.25, -0.2) is 0 Å². The molecule has 0 amide bonds. The molecule has 0 spiro atoms. The van der Waals surface area contributed by atoms with Gasteiger partial charge in [-0.15, -0.1) is 6.58 Å². The van der Waals surface area contributed by atoms with Gasteiger partial charge in [-0.1, -0.05) is 71.7 Å². The first-order chi connectivity index (χ1) is 11.7. The van der Waals surface area contributed by atoms with Crippen molar-refractivity contribution in [2.75, 3.05) is 0 Å². The minimum atomic E-state index is 1.06. The molecule has 0 radical (unpaired) electrons. The van der Waals surface area contributed by atoms with Crippen molar-refractivity contribution in [3.63, 3.8) is 0 Å². The molecule has 0 heteroatoms. The zero-order chi connectivity index (χ0) is 22.3. The molecule has 0 saturated heterocycles. The lowest BCUT2D eigenvalue weighted by Crippen LogP contribution is -1.67. The molecule has 0 bridgehead atoms. The molecule has 0 fully saturated rings. The van der Waals surface area contributed by atoms with Crippen LogP contribution >= 0.6 is 0 Å². The molecule has 0 N–H and O–H groups in total. The van der Waals surface area contributed by atoms with E-state index in [4.69, 9.17) is 0 Å². The first-order valence-corrected chi connectivity index (χ1v) is 9.48. The van der Waals surface area contributed by atoms with Crippen LogP contribution in [0, 0.1) is 0 Å². The van der Waals surface area contributed by atoms with Crippen LogP contribution in [0.5, 0.6) is 0 Å². The summed E-state index contributed by atoms with van der Waals surface area (Å²) in [7, 11) is 0. The maximum Gasteiger partial charge on any atom is -0.0354 e. The summed E-state index contributed by atoms with van der Waals surface area (Å²) < 4.78 is 0. The second kappa shape index (κ2) is 28.3. The molecule has 0 nitrogen and oxygen atoms in total. The van der Waals surface area contributed by atoms with Gasteiger partial charge in [-0.2, -0.15) is 0 Å². The Balaban J connectivity index is -0.0000000712. The average molecular weight is 363 g/mol. The zero-order valence-electron chi connectivity index (χ0n) is 20.6. The largest absolute Gasteiger partial charge is 0.100 e. The van der Waals surface area contributed by atoms with E-state index in [9.17, 15) is 0 Å². The molecule has 0 rings (SSSR count). The predicted molar refractivity (Wildman–Crippen MR) is 130 cm³/mol. The predicted octanol–water partition coefficient (Wildman–Crippen LogP) is 10.0. The van der Waals surface area contributed by atoms with Crippen molar-refractivity contribution in [1.82, 2.24) is 0 Å². The second-order valence-corrected chi connectivity index (χ2v) is 6.90. The van der Waals surface area contributed by atoms with Gasteiger partial charge in [0.25, 0.3) is 0 Å². The standard InChI is InChI=1S/C6H12.C6H10.2C5H10.C4H8/c2*1-5(2)6(3)4;2*1-4-5(2)3;1-3-4-2/h1-4H3;1,3H2,2,4H3;4H,1-3H3;2,4H2,1,3H3;3-4H,1-2H3/b;;;;4-3-. The van der Waals surface area contributed by atoms with Crippen molar-refractivity contribution >= 4 is 0 Å². The molecule has 0 aromatic carbocycles. The molecule has 26 heavy (non-hydrogen) atoms. The number of rotatable bonds is 2. The molecule has 0 unspecified atom stereocenters. The summed E-state index contributed by atoms with van der Waals surface area (Å²) >= 11 is 0. The second-order valence-electron chi connectivity index (χ2n) is 6.90. The van der Waals surface area contributed by atoms with Crippen LogP contribution in [0.15, 0.2) is 71.4 Å². The van der Waals surface area contributed by atoms with Crippen LogP contribution < -0.4 is 0 Å². The van der Waals surface area contributed by atoms with Gasteiger partial charge in [0.15, 0.2) is 0 Å². The Morgan fingerprint density at radius 3 is 0.808 bits per heavy atom. The summed E-state index contributed by atoms with van der Waals surface area (Å²) in [6.07, 6.45) is 7.19. The Labute approximate surface area is 168 Å². The molecule has 0 aliphatic carbocycles. The van der Waals surface area contributed by atoms with Gasteiger partial charge in [0.1, 0.15) is 0 Å². The van der Waals surface area contributed by atoms with Crippen molar-refractivity contribution in [3.8, 4) is 0 Å². The molecule has 0 saturated carbocycles. The van der Waals surface area contributed by atoms with E-state index < -0.39 is 0 Å². The fourth-order valence-electron chi connectivity index (χ4n) is 0. The molecule has 0 aliphatic rings. The summed E-state index contributed by atoms with van der Waals surface area (Å²) in [5.74, 6) is 0. The van der Waals surface area contributed by atoms with E-state index in [1.807, 2.05) is 53.7 Å². The van der Waals surface area contributed by atoms with Gasteiger partial charge in [0.2, 0.25) is 0 Å². The topological polar surface area (TPSA) is 0 Å². The highest BCUT2D eigenvalue weighted by Gasteiger charge is 1.77. The van der Waals surface area contributed by atoms with Crippen LogP contribution in [0.3, 0.4) is 0 Å². The van der Waals surface area contributed by atoms with Crippen LogP contribution in [0.1, 0.15) is 96.4 Å². The van der Waals surface area contributed by atoms with E-state index in [2.05, 4.69) is 74.3 Å². The summed E-state index contributed by atoms with van der Waals surface area (Å²) in [4.78, 5) is 0. The lowest BCUT2D eigenvalue weighted by molar-refractivity contribution is 1.11. The van der Waals surface area contributed by atoms with Gasteiger partial charge < -0.3 is 0 Å². The maximum atomic E-state index is 3.67. The van der Waals surface area contributed by atoms with E-state index in [0.29, 0.717) is 0 Å². The SMILES string of the molecule is C/C=C\C.C=C(C)C(=C)C.C=C(C)CC.CC(C)=C(C)C.CC=C(C)C. The smallest absolute Gasteiger partial charge is 0.0354 e. The molecule has 0 atom stereocenters. The van der Waals surface area contributed by atoms with Crippen LogP contribution in [0.4, 0.5) is 0 Å². The highest BCUT2D eigenvalue weighted by Crippen LogP contribution is 1.98. The molecular weight excluding hydrogens is 312 g/mol. The van der Waals surface area contributed by atoms with Crippen molar-refractivity contribution in [2.45, 2.75) is 96.4 Å². The van der Waals surface area contributed by atoms with Crippen molar-refractivity contribution in [1.29, 1.82) is 0 Å². The van der Waals surface area contributed by atoms with Crippen LogP contribution in [-0.2, 0) is 0 Å². The third-order valence-electron chi connectivity index (χ3n) is 3.24. The molecule has 0 heterocycles. The van der Waals surface area contributed by atoms with Gasteiger partial charge in [-0.05, 0) is 89.5 Å². The summed E-state index contributed by atoms with van der Waals surface area (Å²) in [6.45, 7) is 37.7. The van der Waals surface area contributed by atoms with Gasteiger partial charge >= 0.3 is 0 Å². The van der Waals surface area contributed by atoms with Crippen LogP contribution in [0.2, 0.25) is 0 Å². The lowest BCUT2D eigenvalue weighted by atomic mass is 10.2. The Morgan fingerprint density at radius 1 is 0.615 bits per heavy atom. The first kappa shape index (κ1) is 35.5. The van der Waals surface area contributed by atoms with Crippen molar-refractivity contribution in [2.24, 2.45) is 0 Å². The Kier molecular flexibility index (Phi) is 38.6. The normalized spacial score (nSPS) is 7.88. The van der Waals surface area contributed by atoms with Gasteiger partial charge in [0, 0.05) is 0 Å². The lowest BCUT2D eigenvalue weighted by Gasteiger charge is -1.88. The summed E-state index contributed by atoms with van der Waals surface area (Å²) in [5, 5.41) is 0. The highest BCUT2D eigenvalue weighted by atomic mass is 13.8. The maximum absolute atomic E-state index is 3.67. The third kappa shape index (κ3) is 78.8. The van der Waals surface area contributed by atoms with Crippen LogP contribution in [0.25, 0.3) is 0 Å². The van der Waals surface area contributed by atoms with Gasteiger partial charge in [0.05, 0.1) is 0 Å². The Bertz CT molecular complexity index is 399. The third-order valence-corrected chi connectivity index (χ3v) is 3.24. The fraction of sp³-hybridized carbons (Fsp3) is 0.538. The molecule has 154 valence electrons. The minimum Gasteiger partial charge on any atom is -0.100 e. The van der Waals surface area contributed by atoms with E-state index in [1.165, 1.54) is 22.3 Å².